The fourth-order valence-electron chi connectivity index (χ4n) is 2.96. The number of non-ortho nitro benzene ring substituents is 1. The van der Waals surface area contributed by atoms with Crippen molar-refractivity contribution >= 4 is 21.4 Å². The van der Waals surface area contributed by atoms with Gasteiger partial charge in [0.1, 0.15) is 6.07 Å². The van der Waals surface area contributed by atoms with Crippen LogP contribution in [0.5, 0.6) is 0 Å². The number of nitriles is 1. The van der Waals surface area contributed by atoms with Crippen molar-refractivity contribution < 1.29 is 22.1 Å². The van der Waals surface area contributed by atoms with E-state index < -0.39 is 26.6 Å². The molecule has 146 valence electrons. The van der Waals surface area contributed by atoms with Crippen molar-refractivity contribution in [3.05, 3.63) is 63.7 Å². The summed E-state index contributed by atoms with van der Waals surface area (Å²) in [5.74, 6) is -2.38. The Hall–Kier alpha value is -3.10. The van der Waals surface area contributed by atoms with E-state index in [9.17, 15) is 32.6 Å². The number of hydrogen-bond acceptors (Lipinski definition) is 6. The molecular formula is C17H14F2N4O4S. The van der Waals surface area contributed by atoms with Crippen LogP contribution >= 0.6 is 0 Å². The average Bonchev–Trinajstić information content (AvgIpc) is 2.69. The fraction of sp³-hybridized carbons (Fsp3) is 0.235. The van der Waals surface area contributed by atoms with E-state index in [2.05, 4.69) is 0 Å². The third-order valence-corrected chi connectivity index (χ3v) is 6.31. The minimum atomic E-state index is -3.99. The van der Waals surface area contributed by atoms with E-state index in [1.54, 1.807) is 4.90 Å². The Labute approximate surface area is 159 Å². The molecule has 1 fully saturated rings. The number of nitrogens with zero attached hydrogens (tertiary/aromatic N) is 4. The van der Waals surface area contributed by atoms with Crippen LogP contribution in [0.2, 0.25) is 0 Å². The van der Waals surface area contributed by atoms with Crippen molar-refractivity contribution in [2.75, 3.05) is 31.1 Å². The molecule has 1 aliphatic rings. The van der Waals surface area contributed by atoms with Crippen LogP contribution in [0.25, 0.3) is 0 Å². The van der Waals surface area contributed by atoms with Gasteiger partial charge < -0.3 is 4.90 Å². The van der Waals surface area contributed by atoms with Gasteiger partial charge in [0.25, 0.3) is 5.69 Å². The molecule has 0 unspecified atom stereocenters. The highest BCUT2D eigenvalue weighted by Crippen LogP contribution is 2.27. The highest BCUT2D eigenvalue weighted by molar-refractivity contribution is 7.89. The largest absolute Gasteiger partial charge is 0.368 e. The van der Waals surface area contributed by atoms with Crippen molar-refractivity contribution in [1.82, 2.24) is 4.31 Å². The lowest BCUT2D eigenvalue weighted by Gasteiger charge is -2.35. The minimum Gasteiger partial charge on any atom is -0.368 e. The minimum absolute atomic E-state index is 0.0587. The molecule has 1 aliphatic heterocycles. The number of sulfonamides is 1. The lowest BCUT2D eigenvalue weighted by Crippen LogP contribution is -2.48. The molecule has 2 aromatic carbocycles. The maximum absolute atomic E-state index is 13.4. The van der Waals surface area contributed by atoms with E-state index in [0.717, 1.165) is 16.4 Å². The molecule has 2 aromatic rings. The van der Waals surface area contributed by atoms with E-state index in [-0.39, 0.29) is 42.3 Å². The van der Waals surface area contributed by atoms with Crippen LogP contribution in [-0.2, 0) is 10.0 Å². The summed E-state index contributed by atoms with van der Waals surface area (Å²) in [6.07, 6.45) is 0. The van der Waals surface area contributed by atoms with Crippen molar-refractivity contribution in [1.29, 1.82) is 5.26 Å². The first-order chi connectivity index (χ1) is 13.2. The number of halogens is 2. The van der Waals surface area contributed by atoms with Gasteiger partial charge in [0.05, 0.1) is 21.1 Å². The van der Waals surface area contributed by atoms with Gasteiger partial charge in [-0.15, -0.1) is 0 Å². The van der Waals surface area contributed by atoms with Gasteiger partial charge in [-0.2, -0.15) is 9.57 Å². The molecule has 0 aromatic heterocycles. The lowest BCUT2D eigenvalue weighted by molar-refractivity contribution is -0.384. The molecule has 28 heavy (non-hydrogen) atoms. The first-order valence-electron chi connectivity index (χ1n) is 8.12. The Bertz CT molecular complexity index is 1080. The topological polar surface area (TPSA) is 108 Å². The molecule has 0 N–H and O–H groups in total. The molecule has 0 bridgehead atoms. The van der Waals surface area contributed by atoms with E-state index in [1.165, 1.54) is 18.2 Å². The van der Waals surface area contributed by atoms with E-state index in [1.807, 2.05) is 6.07 Å². The zero-order valence-corrected chi connectivity index (χ0v) is 15.2. The third kappa shape index (κ3) is 3.64. The van der Waals surface area contributed by atoms with Crippen LogP contribution in [0.4, 0.5) is 20.2 Å². The predicted octanol–water partition coefficient (Wildman–Crippen LogP) is 2.26. The quantitative estimate of drug-likeness (QED) is 0.567. The zero-order valence-electron chi connectivity index (χ0n) is 14.4. The standard InChI is InChI=1S/C17H14F2N4O4S/c18-15-3-2-14(10-16(15)19)28(26,27)22-7-5-21(6-8-22)17-4-1-13(23(24)25)9-12(17)11-20/h1-4,9-10H,5-8H2. The second kappa shape index (κ2) is 7.49. The molecule has 8 nitrogen and oxygen atoms in total. The molecule has 0 spiro atoms. The molecule has 1 saturated heterocycles. The van der Waals surface area contributed by atoms with Gasteiger partial charge in [0.2, 0.25) is 10.0 Å². The van der Waals surface area contributed by atoms with Crippen LogP contribution < -0.4 is 4.90 Å². The van der Waals surface area contributed by atoms with Crippen molar-refractivity contribution in [2.45, 2.75) is 4.90 Å². The molecule has 0 atom stereocenters. The van der Waals surface area contributed by atoms with Crippen molar-refractivity contribution in [3.63, 3.8) is 0 Å². The van der Waals surface area contributed by atoms with Crippen molar-refractivity contribution in [3.8, 4) is 6.07 Å². The summed E-state index contributed by atoms with van der Waals surface area (Å²) in [7, 11) is -3.99. The number of hydrogen-bond donors (Lipinski definition) is 0. The smallest absolute Gasteiger partial charge is 0.270 e. The zero-order chi connectivity index (χ0) is 20.5. The van der Waals surface area contributed by atoms with Crippen LogP contribution in [0, 0.1) is 33.1 Å². The third-order valence-electron chi connectivity index (χ3n) is 4.42. The van der Waals surface area contributed by atoms with Gasteiger partial charge in [0.15, 0.2) is 11.6 Å². The van der Waals surface area contributed by atoms with E-state index >= 15 is 0 Å². The Morgan fingerprint density at radius 1 is 1.04 bits per heavy atom. The summed E-state index contributed by atoms with van der Waals surface area (Å²) in [6, 6.07) is 8.21. The highest BCUT2D eigenvalue weighted by Gasteiger charge is 2.30. The van der Waals surface area contributed by atoms with Crippen LogP contribution in [-0.4, -0.2) is 43.8 Å². The molecule has 11 heteroatoms. The average molecular weight is 408 g/mol. The number of benzene rings is 2. The van der Waals surface area contributed by atoms with Gasteiger partial charge in [-0.1, -0.05) is 0 Å². The van der Waals surface area contributed by atoms with Gasteiger partial charge >= 0.3 is 0 Å². The Kier molecular flexibility index (Phi) is 5.26. The molecule has 0 amide bonds. The Balaban J connectivity index is 1.78. The second-order valence-electron chi connectivity index (χ2n) is 6.04. The summed E-state index contributed by atoms with van der Waals surface area (Å²) >= 11 is 0. The molecule has 0 aliphatic carbocycles. The highest BCUT2D eigenvalue weighted by atomic mass is 32.2. The second-order valence-corrected chi connectivity index (χ2v) is 7.98. The van der Waals surface area contributed by atoms with Gasteiger partial charge in [-0.05, 0) is 24.3 Å². The van der Waals surface area contributed by atoms with Crippen molar-refractivity contribution in [2.24, 2.45) is 0 Å². The van der Waals surface area contributed by atoms with E-state index in [0.29, 0.717) is 11.8 Å². The molecule has 0 saturated carbocycles. The molecule has 1 heterocycles. The Morgan fingerprint density at radius 2 is 1.71 bits per heavy atom. The normalized spacial score (nSPS) is 15.2. The first kappa shape index (κ1) is 19.7. The Morgan fingerprint density at radius 3 is 2.29 bits per heavy atom. The van der Waals surface area contributed by atoms with E-state index in [4.69, 9.17) is 0 Å². The SMILES string of the molecule is N#Cc1cc([N+](=O)[O-])ccc1N1CCN(S(=O)(=O)c2ccc(F)c(F)c2)CC1. The summed E-state index contributed by atoms with van der Waals surface area (Å²) in [4.78, 5) is 11.7. The predicted molar refractivity (Wildman–Crippen MR) is 95.1 cm³/mol. The van der Waals surface area contributed by atoms with Gasteiger partial charge in [-0.25, -0.2) is 17.2 Å². The first-order valence-corrected chi connectivity index (χ1v) is 9.57. The number of rotatable bonds is 4. The maximum Gasteiger partial charge on any atom is 0.270 e. The summed E-state index contributed by atoms with van der Waals surface area (Å²) < 4.78 is 52.8. The summed E-state index contributed by atoms with van der Waals surface area (Å²) in [5.41, 5.74) is 0.379. The number of piperazine rings is 1. The molecular weight excluding hydrogens is 394 g/mol. The number of anilines is 1. The number of nitro benzene ring substituents is 1. The van der Waals surface area contributed by atoms with Gasteiger partial charge in [0, 0.05) is 38.3 Å². The maximum atomic E-state index is 13.4. The molecule has 3 rings (SSSR count). The number of nitro groups is 1. The lowest BCUT2D eigenvalue weighted by atomic mass is 10.1. The van der Waals surface area contributed by atoms with Crippen LogP contribution in [0.3, 0.4) is 0 Å². The van der Waals surface area contributed by atoms with Gasteiger partial charge in [-0.3, -0.25) is 10.1 Å². The summed E-state index contributed by atoms with van der Waals surface area (Å²) in [5, 5.41) is 20.1. The monoisotopic (exact) mass is 408 g/mol. The summed E-state index contributed by atoms with van der Waals surface area (Å²) in [6.45, 7) is 0.581. The molecule has 0 radical (unpaired) electrons. The fourth-order valence-corrected chi connectivity index (χ4v) is 4.39. The van der Waals surface area contributed by atoms with Crippen LogP contribution in [0.15, 0.2) is 41.3 Å². The van der Waals surface area contributed by atoms with Crippen LogP contribution in [0.1, 0.15) is 5.56 Å².